The van der Waals surface area contributed by atoms with Gasteiger partial charge in [-0.15, -0.1) is 11.3 Å². The Hall–Kier alpha value is -0.940. The van der Waals surface area contributed by atoms with E-state index in [1.807, 2.05) is 19.2 Å². The predicted octanol–water partition coefficient (Wildman–Crippen LogP) is 1.43. The molecule has 0 bridgehead atoms. The summed E-state index contributed by atoms with van der Waals surface area (Å²) in [5.41, 5.74) is 0. The molecule has 0 spiro atoms. The van der Waals surface area contributed by atoms with E-state index >= 15 is 0 Å². The van der Waals surface area contributed by atoms with Crippen molar-refractivity contribution in [3.63, 3.8) is 0 Å². The van der Waals surface area contributed by atoms with Gasteiger partial charge in [0.25, 0.3) is 0 Å². The van der Waals surface area contributed by atoms with Crippen molar-refractivity contribution in [1.29, 1.82) is 0 Å². The number of rotatable bonds is 5. The summed E-state index contributed by atoms with van der Waals surface area (Å²) in [6.07, 6.45) is 1.75. The van der Waals surface area contributed by atoms with Crippen LogP contribution in [0.4, 0.5) is 0 Å². The van der Waals surface area contributed by atoms with Gasteiger partial charge >= 0.3 is 5.97 Å². The van der Waals surface area contributed by atoms with Crippen LogP contribution in [-0.4, -0.2) is 24.1 Å². The minimum absolute atomic E-state index is 0.206. The van der Waals surface area contributed by atoms with E-state index in [0.29, 0.717) is 6.54 Å². The Morgan fingerprint density at radius 3 is 2.87 bits per heavy atom. The van der Waals surface area contributed by atoms with E-state index in [9.17, 15) is 4.79 Å². The zero-order valence-electron chi connectivity index (χ0n) is 9.19. The number of thiazole rings is 1. The molecule has 1 aromatic heterocycles. The first-order valence-corrected chi connectivity index (χ1v) is 5.72. The second-order valence-electron chi connectivity index (χ2n) is 3.55. The first kappa shape index (κ1) is 12.1. The van der Waals surface area contributed by atoms with Crippen LogP contribution in [0.1, 0.15) is 18.9 Å². The lowest BCUT2D eigenvalue weighted by molar-refractivity contribution is -0.144. The van der Waals surface area contributed by atoms with E-state index in [2.05, 4.69) is 10.3 Å². The number of carbonyl (C=O) groups is 1. The molecule has 5 heteroatoms. The van der Waals surface area contributed by atoms with Crippen molar-refractivity contribution in [2.45, 2.75) is 26.4 Å². The number of hydrogen-bond donors (Lipinski definition) is 1. The fraction of sp³-hybridized carbons (Fsp3) is 0.600. The van der Waals surface area contributed by atoms with Crippen LogP contribution in [-0.2, 0) is 16.1 Å². The van der Waals surface area contributed by atoms with E-state index in [-0.39, 0.29) is 17.9 Å². The van der Waals surface area contributed by atoms with E-state index in [4.69, 9.17) is 4.74 Å². The number of aromatic nitrogens is 1. The largest absolute Gasteiger partial charge is 0.468 e. The second kappa shape index (κ2) is 5.82. The third kappa shape index (κ3) is 3.60. The van der Waals surface area contributed by atoms with Crippen molar-refractivity contribution in [3.8, 4) is 0 Å². The molecule has 1 atom stereocenters. The van der Waals surface area contributed by atoms with Crippen LogP contribution in [0.25, 0.3) is 0 Å². The Morgan fingerprint density at radius 2 is 2.40 bits per heavy atom. The third-order valence-corrected chi connectivity index (χ3v) is 2.86. The summed E-state index contributed by atoms with van der Waals surface area (Å²) in [6.45, 7) is 4.57. The van der Waals surface area contributed by atoms with E-state index in [0.717, 1.165) is 5.01 Å². The molecule has 0 fully saturated rings. The molecule has 0 radical (unpaired) electrons. The van der Waals surface area contributed by atoms with Crippen LogP contribution in [0.3, 0.4) is 0 Å². The van der Waals surface area contributed by atoms with Gasteiger partial charge < -0.3 is 4.74 Å². The predicted molar refractivity (Wildman–Crippen MR) is 59.6 cm³/mol. The molecule has 4 nitrogen and oxygen atoms in total. The first-order chi connectivity index (χ1) is 7.15. The van der Waals surface area contributed by atoms with Gasteiger partial charge in [0.2, 0.25) is 0 Å². The molecule has 0 saturated heterocycles. The minimum Gasteiger partial charge on any atom is -0.468 e. The molecule has 0 aromatic carbocycles. The number of ether oxygens (including phenoxy) is 1. The van der Waals surface area contributed by atoms with Gasteiger partial charge in [-0.1, -0.05) is 13.8 Å². The number of carbonyl (C=O) groups excluding carboxylic acids is 1. The quantitative estimate of drug-likeness (QED) is 0.775. The molecule has 0 saturated carbocycles. The molecule has 84 valence electrons. The van der Waals surface area contributed by atoms with Gasteiger partial charge in [-0.25, -0.2) is 4.98 Å². The molecule has 0 unspecified atom stereocenters. The standard InChI is InChI=1S/C10H16N2O2S/c1-7(2)9(10(13)14-3)12-6-8-11-4-5-15-8/h4-5,7,9,12H,6H2,1-3H3/t9-/m0/s1. The van der Waals surface area contributed by atoms with E-state index < -0.39 is 0 Å². The summed E-state index contributed by atoms with van der Waals surface area (Å²) in [5, 5.41) is 6.04. The molecule has 1 heterocycles. The molecule has 1 N–H and O–H groups in total. The third-order valence-electron chi connectivity index (χ3n) is 2.08. The normalized spacial score (nSPS) is 12.8. The summed E-state index contributed by atoms with van der Waals surface area (Å²) in [5.74, 6) is -0.0148. The topological polar surface area (TPSA) is 51.2 Å². The lowest BCUT2D eigenvalue weighted by Gasteiger charge is -2.18. The summed E-state index contributed by atoms with van der Waals surface area (Å²) in [6, 6.07) is -0.265. The van der Waals surface area contributed by atoms with E-state index in [1.54, 1.807) is 17.5 Å². The molecule has 0 aliphatic heterocycles. The van der Waals surface area contributed by atoms with Crippen LogP contribution in [0.5, 0.6) is 0 Å². The van der Waals surface area contributed by atoms with Gasteiger partial charge in [0.15, 0.2) is 0 Å². The molecule has 1 rings (SSSR count). The van der Waals surface area contributed by atoms with Gasteiger partial charge in [-0.3, -0.25) is 10.1 Å². The molecule has 0 aliphatic carbocycles. The number of methoxy groups -OCH3 is 1. The van der Waals surface area contributed by atoms with Gasteiger partial charge in [0.1, 0.15) is 11.0 Å². The first-order valence-electron chi connectivity index (χ1n) is 4.84. The van der Waals surface area contributed by atoms with Crippen LogP contribution in [0.2, 0.25) is 0 Å². The van der Waals surface area contributed by atoms with Gasteiger partial charge in [-0.2, -0.15) is 0 Å². The highest BCUT2D eigenvalue weighted by Gasteiger charge is 2.22. The zero-order chi connectivity index (χ0) is 11.3. The Bertz CT molecular complexity index is 298. The summed E-state index contributed by atoms with van der Waals surface area (Å²) in [4.78, 5) is 15.5. The maximum absolute atomic E-state index is 11.4. The highest BCUT2D eigenvalue weighted by Crippen LogP contribution is 2.07. The molecular formula is C10H16N2O2S. The summed E-state index contributed by atoms with van der Waals surface area (Å²) < 4.78 is 4.73. The van der Waals surface area contributed by atoms with Gasteiger partial charge in [0.05, 0.1) is 7.11 Å². The van der Waals surface area contributed by atoms with Crippen LogP contribution in [0.15, 0.2) is 11.6 Å². The Balaban J connectivity index is 2.49. The van der Waals surface area contributed by atoms with Gasteiger partial charge in [0, 0.05) is 18.1 Å². The van der Waals surface area contributed by atoms with Crippen molar-refractivity contribution in [2.24, 2.45) is 5.92 Å². The number of nitrogens with one attached hydrogen (secondary N) is 1. The van der Waals surface area contributed by atoms with Gasteiger partial charge in [-0.05, 0) is 5.92 Å². The molecule has 0 aliphatic rings. The van der Waals surface area contributed by atoms with Crippen molar-refractivity contribution in [3.05, 3.63) is 16.6 Å². The smallest absolute Gasteiger partial charge is 0.323 e. The van der Waals surface area contributed by atoms with Crippen molar-refractivity contribution >= 4 is 17.3 Å². The number of nitrogens with zero attached hydrogens (tertiary/aromatic N) is 1. The van der Waals surface area contributed by atoms with Crippen LogP contribution >= 0.6 is 11.3 Å². The zero-order valence-corrected chi connectivity index (χ0v) is 10.0. The fourth-order valence-electron chi connectivity index (χ4n) is 1.26. The second-order valence-corrected chi connectivity index (χ2v) is 4.53. The monoisotopic (exact) mass is 228 g/mol. The van der Waals surface area contributed by atoms with Crippen molar-refractivity contribution in [1.82, 2.24) is 10.3 Å². The SMILES string of the molecule is COC(=O)[C@@H](NCc1nccs1)C(C)C. The average Bonchev–Trinajstić information content (AvgIpc) is 2.70. The lowest BCUT2D eigenvalue weighted by atomic mass is 10.1. The molecular weight excluding hydrogens is 212 g/mol. The number of hydrogen-bond acceptors (Lipinski definition) is 5. The summed E-state index contributed by atoms with van der Waals surface area (Å²) in [7, 11) is 1.41. The fourth-order valence-corrected chi connectivity index (χ4v) is 1.82. The summed E-state index contributed by atoms with van der Waals surface area (Å²) >= 11 is 1.57. The Morgan fingerprint density at radius 1 is 1.67 bits per heavy atom. The highest BCUT2D eigenvalue weighted by molar-refractivity contribution is 7.09. The number of esters is 1. The van der Waals surface area contributed by atoms with Crippen LogP contribution in [0, 0.1) is 5.92 Å². The lowest BCUT2D eigenvalue weighted by Crippen LogP contribution is -2.41. The molecule has 1 aromatic rings. The van der Waals surface area contributed by atoms with Crippen LogP contribution < -0.4 is 5.32 Å². The highest BCUT2D eigenvalue weighted by atomic mass is 32.1. The van der Waals surface area contributed by atoms with Crippen molar-refractivity contribution in [2.75, 3.05) is 7.11 Å². The maximum Gasteiger partial charge on any atom is 0.323 e. The maximum atomic E-state index is 11.4. The van der Waals surface area contributed by atoms with E-state index in [1.165, 1.54) is 7.11 Å². The minimum atomic E-state index is -0.265. The molecule has 0 amide bonds. The Labute approximate surface area is 93.7 Å². The Kier molecular flexibility index (Phi) is 4.71. The average molecular weight is 228 g/mol. The van der Waals surface area contributed by atoms with Crippen molar-refractivity contribution < 1.29 is 9.53 Å². The molecule has 15 heavy (non-hydrogen) atoms.